The van der Waals surface area contributed by atoms with Crippen molar-refractivity contribution in [3.8, 4) is 0 Å². The van der Waals surface area contributed by atoms with Crippen molar-refractivity contribution in [1.29, 1.82) is 0 Å². The molecule has 0 fully saturated rings. The monoisotopic (exact) mass is 125 g/mol. The van der Waals surface area contributed by atoms with E-state index in [1.165, 1.54) is 0 Å². The van der Waals surface area contributed by atoms with Gasteiger partial charge in [0.15, 0.2) is 0 Å². The lowest BCUT2D eigenvalue weighted by Crippen LogP contribution is -2.04. The summed E-state index contributed by atoms with van der Waals surface area (Å²) in [5, 5.41) is 14.0. The van der Waals surface area contributed by atoms with E-state index in [-0.39, 0.29) is 6.04 Å². The van der Waals surface area contributed by atoms with Crippen LogP contribution in [0.15, 0.2) is 6.20 Å². The molecule has 1 rings (SSSR count). The molecule has 1 N–H and O–H groups in total. The van der Waals surface area contributed by atoms with Crippen LogP contribution in [0.5, 0.6) is 0 Å². The molecule has 1 atom stereocenters. The van der Waals surface area contributed by atoms with Crippen LogP contribution in [0.3, 0.4) is 0 Å². The second-order valence-corrected chi connectivity index (χ2v) is 1.83. The van der Waals surface area contributed by atoms with Gasteiger partial charge < -0.3 is 0 Å². The number of rotatable bonds is 2. The highest BCUT2D eigenvalue weighted by atomic mass is 15.3. The lowest BCUT2D eigenvalue weighted by Gasteiger charge is -2.00. The molecule has 49 valence electrons. The van der Waals surface area contributed by atoms with E-state index < -0.39 is 0 Å². The first kappa shape index (κ1) is 6.22. The van der Waals surface area contributed by atoms with E-state index in [4.69, 9.17) is 0 Å². The summed E-state index contributed by atoms with van der Waals surface area (Å²) in [7, 11) is 1.76. The third kappa shape index (κ3) is 1.26. The van der Waals surface area contributed by atoms with Crippen LogP contribution in [0.2, 0.25) is 0 Å². The predicted molar refractivity (Wildman–Crippen MR) is 32.9 cm³/mol. The number of H-pyrrole nitrogens is 1. The maximum atomic E-state index is 4.01. The number of nitrogens with zero attached hydrogens (tertiary/aromatic N) is 3. The fourth-order valence-electron chi connectivity index (χ4n) is 0.547. The van der Waals surface area contributed by atoms with Gasteiger partial charge in [-0.3, -0.25) is 5.10 Å². The molecular formula is C5H9N4. The summed E-state index contributed by atoms with van der Waals surface area (Å²) < 4.78 is 0. The van der Waals surface area contributed by atoms with Gasteiger partial charge in [0.2, 0.25) is 0 Å². The van der Waals surface area contributed by atoms with Gasteiger partial charge in [0.05, 0.1) is 6.04 Å². The quantitative estimate of drug-likeness (QED) is 0.609. The van der Waals surface area contributed by atoms with Crippen LogP contribution in [0.1, 0.15) is 18.7 Å². The Balaban J connectivity index is 2.65. The smallest absolute Gasteiger partial charge is 0.101 e. The molecule has 0 bridgehead atoms. The van der Waals surface area contributed by atoms with Crippen molar-refractivity contribution < 1.29 is 0 Å². The highest BCUT2D eigenvalue weighted by molar-refractivity contribution is 4.96. The first-order valence-corrected chi connectivity index (χ1v) is 2.80. The predicted octanol–water partition coefficient (Wildman–Crippen LogP) is 0.0999. The van der Waals surface area contributed by atoms with Gasteiger partial charge in [-0.1, -0.05) is 5.21 Å². The maximum absolute atomic E-state index is 4.01. The summed E-state index contributed by atoms with van der Waals surface area (Å²) in [6, 6.07) is 0.156. The second-order valence-electron chi connectivity index (χ2n) is 1.83. The van der Waals surface area contributed by atoms with Gasteiger partial charge in [0, 0.05) is 13.2 Å². The van der Waals surface area contributed by atoms with Gasteiger partial charge in [0.1, 0.15) is 5.69 Å². The topological polar surface area (TPSA) is 55.7 Å². The van der Waals surface area contributed by atoms with Gasteiger partial charge >= 0.3 is 0 Å². The molecule has 0 aliphatic rings. The highest BCUT2D eigenvalue weighted by Crippen LogP contribution is 2.04. The second kappa shape index (κ2) is 2.59. The molecule has 4 nitrogen and oxygen atoms in total. The minimum atomic E-state index is 0.156. The Kier molecular flexibility index (Phi) is 1.79. The van der Waals surface area contributed by atoms with Crippen molar-refractivity contribution in [2.75, 3.05) is 7.05 Å². The third-order valence-corrected chi connectivity index (χ3v) is 1.25. The van der Waals surface area contributed by atoms with E-state index in [9.17, 15) is 0 Å². The van der Waals surface area contributed by atoms with E-state index in [1.807, 2.05) is 6.92 Å². The van der Waals surface area contributed by atoms with Crippen molar-refractivity contribution in [3.05, 3.63) is 11.9 Å². The fraction of sp³-hybridized carbons (Fsp3) is 0.600. The van der Waals surface area contributed by atoms with Gasteiger partial charge in [-0.15, -0.1) is 5.10 Å². The minimum absolute atomic E-state index is 0.156. The normalized spacial score (nSPS) is 13.6. The zero-order valence-electron chi connectivity index (χ0n) is 5.50. The molecule has 0 aliphatic heterocycles. The Morgan fingerprint density at radius 3 is 3.00 bits per heavy atom. The molecule has 0 aliphatic carbocycles. The summed E-state index contributed by atoms with van der Waals surface area (Å²) in [5.41, 5.74) is 0.887. The number of hydrogen-bond acceptors (Lipinski definition) is 2. The number of aromatic nitrogens is 3. The Morgan fingerprint density at radius 2 is 2.56 bits per heavy atom. The molecule has 9 heavy (non-hydrogen) atoms. The first-order chi connectivity index (χ1) is 4.34. The van der Waals surface area contributed by atoms with E-state index >= 15 is 0 Å². The molecule has 4 heteroatoms. The van der Waals surface area contributed by atoms with Gasteiger partial charge in [0.25, 0.3) is 0 Å². The van der Waals surface area contributed by atoms with Crippen molar-refractivity contribution in [1.82, 2.24) is 20.7 Å². The van der Waals surface area contributed by atoms with Crippen molar-refractivity contribution in [2.24, 2.45) is 0 Å². The highest BCUT2D eigenvalue weighted by Gasteiger charge is 2.03. The van der Waals surface area contributed by atoms with E-state index in [0.29, 0.717) is 0 Å². The van der Waals surface area contributed by atoms with E-state index in [1.54, 1.807) is 13.2 Å². The van der Waals surface area contributed by atoms with Crippen LogP contribution in [0.4, 0.5) is 0 Å². The number of hydrogen-bond donors (Lipinski definition) is 1. The molecule has 0 amide bonds. The minimum Gasteiger partial charge on any atom is -0.265 e. The summed E-state index contributed by atoms with van der Waals surface area (Å²) in [5.74, 6) is 0. The average Bonchev–Trinajstić information content (AvgIpc) is 2.37. The largest absolute Gasteiger partial charge is 0.265 e. The maximum Gasteiger partial charge on any atom is 0.101 e. The molecule has 0 aromatic carbocycles. The summed E-state index contributed by atoms with van der Waals surface area (Å²) in [4.78, 5) is 0. The molecular weight excluding hydrogens is 116 g/mol. The van der Waals surface area contributed by atoms with Crippen molar-refractivity contribution >= 4 is 0 Å². The molecule has 1 aromatic heterocycles. The SMILES string of the molecule is C[N]C(C)c1c[nH]nn1. The van der Waals surface area contributed by atoms with Crippen LogP contribution in [-0.4, -0.2) is 22.5 Å². The molecule has 0 saturated carbocycles. The van der Waals surface area contributed by atoms with Crippen LogP contribution in [-0.2, 0) is 0 Å². The lowest BCUT2D eigenvalue weighted by atomic mass is 10.3. The fourth-order valence-corrected chi connectivity index (χ4v) is 0.547. The molecule has 1 radical (unpaired) electrons. The van der Waals surface area contributed by atoms with Crippen LogP contribution in [0.25, 0.3) is 0 Å². The first-order valence-electron chi connectivity index (χ1n) is 2.80. The summed E-state index contributed by atoms with van der Waals surface area (Å²) in [6.07, 6.45) is 1.75. The third-order valence-electron chi connectivity index (χ3n) is 1.25. The van der Waals surface area contributed by atoms with E-state index in [0.717, 1.165) is 5.69 Å². The zero-order valence-corrected chi connectivity index (χ0v) is 5.50. The molecule has 1 aromatic rings. The van der Waals surface area contributed by atoms with Gasteiger partial charge in [-0.25, -0.2) is 5.32 Å². The Bertz CT molecular complexity index is 157. The van der Waals surface area contributed by atoms with Crippen molar-refractivity contribution in [2.45, 2.75) is 13.0 Å². The zero-order chi connectivity index (χ0) is 6.69. The Hall–Kier alpha value is -0.900. The van der Waals surface area contributed by atoms with E-state index in [2.05, 4.69) is 20.7 Å². The Morgan fingerprint density at radius 1 is 1.78 bits per heavy atom. The lowest BCUT2D eigenvalue weighted by molar-refractivity contribution is 0.617. The molecule has 0 spiro atoms. The Labute approximate surface area is 53.7 Å². The summed E-state index contributed by atoms with van der Waals surface area (Å²) in [6.45, 7) is 1.97. The molecule has 1 heterocycles. The number of aromatic amines is 1. The van der Waals surface area contributed by atoms with Gasteiger partial charge in [-0.2, -0.15) is 0 Å². The van der Waals surface area contributed by atoms with Crippen LogP contribution >= 0.6 is 0 Å². The molecule has 1 unspecified atom stereocenters. The average molecular weight is 125 g/mol. The van der Waals surface area contributed by atoms with Crippen molar-refractivity contribution in [3.63, 3.8) is 0 Å². The number of nitrogens with one attached hydrogen (secondary N) is 1. The standard InChI is InChI=1S/C5H9N4/c1-4(6-2)5-3-7-9-8-5/h3-4H,1-2H3,(H,7,8,9). The molecule has 0 saturated heterocycles. The van der Waals surface area contributed by atoms with Crippen LogP contribution < -0.4 is 5.32 Å². The summed E-state index contributed by atoms with van der Waals surface area (Å²) >= 11 is 0. The van der Waals surface area contributed by atoms with Crippen LogP contribution in [0, 0.1) is 0 Å². The van der Waals surface area contributed by atoms with Gasteiger partial charge in [-0.05, 0) is 6.92 Å².